The molecule has 51 heavy (non-hydrogen) atoms. The van der Waals surface area contributed by atoms with Crippen LogP contribution in [0.3, 0.4) is 0 Å². The molecule has 0 radical (unpaired) electrons. The summed E-state index contributed by atoms with van der Waals surface area (Å²) < 4.78 is 39.9. The lowest BCUT2D eigenvalue weighted by Crippen LogP contribution is -2.63. The molecule has 4 heterocycles. The van der Waals surface area contributed by atoms with Crippen molar-refractivity contribution in [2.75, 3.05) is 0 Å². The second-order valence-electron chi connectivity index (χ2n) is 12.8. The van der Waals surface area contributed by atoms with Gasteiger partial charge in [0.25, 0.3) is 0 Å². The number of fused-ring (bicyclic) bond motifs is 1. The number of phenolic OH excluding ortho intramolecular Hbond substituents is 2. The third kappa shape index (κ3) is 6.98. The van der Waals surface area contributed by atoms with Gasteiger partial charge in [-0.25, -0.2) is 0 Å². The highest BCUT2D eigenvalue weighted by atomic mass is 16.7. The van der Waals surface area contributed by atoms with Crippen LogP contribution in [0.5, 0.6) is 23.0 Å². The Balaban J connectivity index is 1.31. The fourth-order valence-electron chi connectivity index (χ4n) is 6.17. The van der Waals surface area contributed by atoms with Crippen molar-refractivity contribution in [3.63, 3.8) is 0 Å². The predicted molar refractivity (Wildman–Crippen MR) is 168 cm³/mol. The molecule has 0 amide bonds. The summed E-state index contributed by atoms with van der Waals surface area (Å²) in [5, 5.41) is 104. The fourth-order valence-corrected chi connectivity index (χ4v) is 6.17. The zero-order valence-electron chi connectivity index (χ0n) is 27.4. The quantitative estimate of drug-likeness (QED) is 0.128. The van der Waals surface area contributed by atoms with Crippen LogP contribution in [0.4, 0.5) is 0 Å². The maximum absolute atomic E-state index is 14.0. The number of hydrogen-bond acceptors (Lipinski definition) is 18. The normalized spacial score (nSPS) is 38.8. The first-order valence-electron chi connectivity index (χ1n) is 16.1. The molecule has 18 nitrogen and oxygen atoms in total. The van der Waals surface area contributed by atoms with Crippen LogP contribution in [-0.2, 0) is 18.9 Å². The highest BCUT2D eigenvalue weighted by molar-refractivity contribution is 5.88. The molecule has 10 N–H and O–H groups in total. The van der Waals surface area contributed by atoms with Crippen LogP contribution in [0.25, 0.3) is 22.3 Å². The number of aliphatic hydroxyl groups excluding tert-OH is 8. The maximum Gasteiger partial charge on any atom is 0.239 e. The molecule has 3 saturated heterocycles. The van der Waals surface area contributed by atoms with E-state index in [-0.39, 0.29) is 28.4 Å². The first-order valence-corrected chi connectivity index (χ1v) is 16.1. The number of aliphatic hydroxyl groups is 8. The van der Waals surface area contributed by atoms with Gasteiger partial charge in [0.05, 0.1) is 18.3 Å². The van der Waals surface area contributed by atoms with Gasteiger partial charge < -0.3 is 83.9 Å². The Hall–Kier alpha value is -3.63. The van der Waals surface area contributed by atoms with Gasteiger partial charge in [0.2, 0.25) is 23.8 Å². The number of rotatable bonds is 7. The van der Waals surface area contributed by atoms with Crippen molar-refractivity contribution in [2.24, 2.45) is 0 Å². The van der Waals surface area contributed by atoms with Crippen LogP contribution in [0.1, 0.15) is 20.8 Å². The first kappa shape index (κ1) is 37.1. The summed E-state index contributed by atoms with van der Waals surface area (Å²) in [6.45, 7) is 4.32. The largest absolute Gasteiger partial charge is 0.508 e. The highest BCUT2D eigenvalue weighted by Crippen LogP contribution is 2.39. The summed E-state index contributed by atoms with van der Waals surface area (Å²) in [5.74, 6) is -1.79. The Morgan fingerprint density at radius 3 is 1.76 bits per heavy atom. The van der Waals surface area contributed by atoms with Gasteiger partial charge in [0.1, 0.15) is 83.2 Å². The molecule has 0 aliphatic carbocycles. The monoisotopic (exact) mass is 724 g/mol. The molecule has 3 aromatic rings. The Bertz CT molecular complexity index is 1750. The minimum Gasteiger partial charge on any atom is -0.508 e. The lowest BCUT2D eigenvalue weighted by Gasteiger charge is -2.45. The van der Waals surface area contributed by atoms with Gasteiger partial charge in [0.15, 0.2) is 12.1 Å². The van der Waals surface area contributed by atoms with Crippen molar-refractivity contribution in [2.45, 2.75) is 113 Å². The Labute approximate surface area is 288 Å². The highest BCUT2D eigenvalue weighted by Gasteiger charge is 2.50. The predicted octanol–water partition coefficient (Wildman–Crippen LogP) is -1.86. The van der Waals surface area contributed by atoms with Gasteiger partial charge in [-0.3, -0.25) is 4.79 Å². The topological polar surface area (TPSA) is 288 Å². The van der Waals surface area contributed by atoms with Gasteiger partial charge in [-0.1, -0.05) is 0 Å². The van der Waals surface area contributed by atoms with Crippen LogP contribution in [0, 0.1) is 0 Å². The molecule has 0 unspecified atom stereocenters. The third-order valence-electron chi connectivity index (χ3n) is 9.21. The minimum atomic E-state index is -1.90. The zero-order chi connectivity index (χ0) is 37.0. The van der Waals surface area contributed by atoms with Gasteiger partial charge >= 0.3 is 0 Å². The van der Waals surface area contributed by atoms with Crippen LogP contribution < -0.4 is 14.9 Å². The Morgan fingerprint density at radius 1 is 0.608 bits per heavy atom. The summed E-state index contributed by atoms with van der Waals surface area (Å²) in [6.07, 6.45) is -22.2. The molecule has 6 rings (SSSR count). The van der Waals surface area contributed by atoms with Crippen molar-refractivity contribution in [1.82, 2.24) is 0 Å². The first-order chi connectivity index (χ1) is 24.1. The van der Waals surface area contributed by atoms with E-state index in [1.165, 1.54) is 51.1 Å². The molecule has 3 aliphatic heterocycles. The van der Waals surface area contributed by atoms with Crippen LogP contribution >= 0.6 is 0 Å². The summed E-state index contributed by atoms with van der Waals surface area (Å²) in [7, 11) is 0. The summed E-state index contributed by atoms with van der Waals surface area (Å²) in [5.41, 5.74) is -1.02. The van der Waals surface area contributed by atoms with Crippen molar-refractivity contribution in [3.8, 4) is 34.3 Å². The van der Waals surface area contributed by atoms with Crippen LogP contribution in [0.2, 0.25) is 0 Å². The zero-order valence-corrected chi connectivity index (χ0v) is 27.4. The fraction of sp³-hybridized carbons (Fsp3) is 0.545. The van der Waals surface area contributed by atoms with Crippen molar-refractivity contribution < 1.29 is 83.9 Å². The second kappa shape index (κ2) is 14.4. The average Bonchev–Trinajstić information content (AvgIpc) is 3.09. The Kier molecular flexibility index (Phi) is 10.5. The minimum absolute atomic E-state index is 0.122. The molecule has 1 aromatic heterocycles. The van der Waals surface area contributed by atoms with Gasteiger partial charge in [0, 0.05) is 17.7 Å². The molecule has 0 saturated carbocycles. The van der Waals surface area contributed by atoms with E-state index in [0.717, 1.165) is 6.07 Å². The molecule has 0 spiro atoms. The number of hydrogen-bond donors (Lipinski definition) is 10. The molecule has 3 fully saturated rings. The van der Waals surface area contributed by atoms with Crippen LogP contribution in [-0.4, -0.2) is 143 Å². The SMILES string of the molecule is C[C@@H]1O[C@@H](Oc2cc(O)c3c(=O)c(O[C@@H]4O[C@@H](C)[C@H](O[C@@H]5O[C@@H](C)[C@H](O)[C@@H](O)[C@H]5O)[C@@H](O)[C@H]4O)c(-c4ccc(O)cc4)oc3c2)[C@H](O)[C@H](O)[C@H]1O. The van der Waals surface area contributed by atoms with E-state index in [4.69, 9.17) is 32.8 Å². The van der Waals surface area contributed by atoms with Gasteiger partial charge in [-0.05, 0) is 45.0 Å². The lowest BCUT2D eigenvalue weighted by atomic mass is 9.97. The van der Waals surface area contributed by atoms with E-state index in [0.29, 0.717) is 0 Å². The summed E-state index contributed by atoms with van der Waals surface area (Å²) in [4.78, 5) is 14.0. The van der Waals surface area contributed by atoms with Crippen molar-refractivity contribution in [3.05, 3.63) is 46.6 Å². The molecular formula is C33H40O18. The number of aromatic hydroxyl groups is 2. The van der Waals surface area contributed by atoms with Gasteiger partial charge in [-0.2, -0.15) is 0 Å². The maximum atomic E-state index is 14.0. The number of phenols is 2. The standard InChI is InChI=1S/C33H40O18/c1-10-19(36)22(39)25(42)31(45-10)48-15-8-16(35)18-17(9-15)49-29(13-4-6-14(34)7-5-13)30(21(18)38)51-33-27(44)24(41)28(12(3)47-33)50-32-26(43)23(40)20(37)11(2)46-32/h4-12,19-20,22-28,31-37,39-44H,1-3H3/t10-,11-,12-,19-,20-,22+,23+,24-,25+,26+,27+,28-,31-,32-,33-/m0/s1. The molecule has 0 bridgehead atoms. The molecule has 280 valence electrons. The average molecular weight is 725 g/mol. The van der Waals surface area contributed by atoms with Crippen LogP contribution in [0.15, 0.2) is 45.6 Å². The molecule has 18 heteroatoms. The van der Waals surface area contributed by atoms with Gasteiger partial charge in [-0.15, -0.1) is 0 Å². The van der Waals surface area contributed by atoms with Crippen molar-refractivity contribution >= 4 is 11.0 Å². The van der Waals surface area contributed by atoms with E-state index < -0.39 is 114 Å². The van der Waals surface area contributed by atoms with E-state index in [1.54, 1.807) is 0 Å². The Morgan fingerprint density at radius 2 is 1.14 bits per heavy atom. The van der Waals surface area contributed by atoms with E-state index >= 15 is 0 Å². The number of ether oxygens (including phenoxy) is 6. The summed E-state index contributed by atoms with van der Waals surface area (Å²) in [6, 6.07) is 7.56. The molecule has 3 aliphatic rings. The van der Waals surface area contributed by atoms with E-state index in [9.17, 15) is 55.9 Å². The smallest absolute Gasteiger partial charge is 0.239 e. The lowest BCUT2D eigenvalue weighted by molar-refractivity contribution is -0.345. The van der Waals surface area contributed by atoms with E-state index in [1.807, 2.05) is 0 Å². The van der Waals surface area contributed by atoms with E-state index in [2.05, 4.69) is 0 Å². The molecular weight excluding hydrogens is 684 g/mol. The number of benzene rings is 2. The van der Waals surface area contributed by atoms with Crippen molar-refractivity contribution in [1.29, 1.82) is 0 Å². The second-order valence-corrected chi connectivity index (χ2v) is 12.8. The molecule has 2 aromatic carbocycles. The summed E-state index contributed by atoms with van der Waals surface area (Å²) >= 11 is 0. The third-order valence-corrected chi connectivity index (χ3v) is 9.21. The molecule has 15 atom stereocenters.